The van der Waals surface area contributed by atoms with Crippen LogP contribution < -0.4 is 5.32 Å². The first-order valence-corrected chi connectivity index (χ1v) is 11.2. The van der Waals surface area contributed by atoms with Crippen molar-refractivity contribution >= 4 is 14.3 Å². The van der Waals surface area contributed by atoms with E-state index in [1.807, 2.05) is 30.3 Å². The van der Waals surface area contributed by atoms with Crippen molar-refractivity contribution in [3.05, 3.63) is 35.9 Å². The van der Waals surface area contributed by atoms with Crippen molar-refractivity contribution in [1.82, 2.24) is 5.32 Å². The van der Waals surface area contributed by atoms with Crippen LogP contribution in [0.5, 0.6) is 0 Å². The number of carbonyl (C=O) groups excluding carboxylic acids is 1. The van der Waals surface area contributed by atoms with E-state index in [9.17, 15) is 4.79 Å². The number of ether oxygens (including phenoxy) is 1. The Morgan fingerprint density at radius 2 is 1.91 bits per heavy atom. The Kier molecular flexibility index (Phi) is 5.65. The van der Waals surface area contributed by atoms with Crippen LogP contribution in [0.3, 0.4) is 0 Å². The molecule has 4 nitrogen and oxygen atoms in total. The first-order chi connectivity index (χ1) is 10.7. The van der Waals surface area contributed by atoms with Crippen LogP contribution in [0, 0.1) is 0 Å². The topological polar surface area (TPSA) is 47.6 Å². The quantitative estimate of drug-likeness (QED) is 0.661. The third-order valence-electron chi connectivity index (χ3n) is 4.87. The maximum Gasteiger partial charge on any atom is 0.323 e. The molecule has 1 N–H and O–H groups in total. The van der Waals surface area contributed by atoms with Crippen LogP contribution in [0.25, 0.3) is 0 Å². The van der Waals surface area contributed by atoms with Gasteiger partial charge in [0.05, 0.1) is 6.10 Å². The van der Waals surface area contributed by atoms with Crippen LogP contribution in [0.2, 0.25) is 18.1 Å². The number of benzene rings is 1. The number of rotatable bonds is 5. The largest absolute Gasteiger partial charge is 0.460 e. The summed E-state index contributed by atoms with van der Waals surface area (Å²) in [5.74, 6) is -0.185. The minimum Gasteiger partial charge on any atom is -0.460 e. The van der Waals surface area contributed by atoms with Crippen LogP contribution in [0.4, 0.5) is 0 Å². The minimum atomic E-state index is -1.80. The summed E-state index contributed by atoms with van der Waals surface area (Å²) in [6.45, 7) is 12.2. The summed E-state index contributed by atoms with van der Waals surface area (Å²) in [7, 11) is -1.80. The van der Waals surface area contributed by atoms with Gasteiger partial charge in [0.15, 0.2) is 8.32 Å². The summed E-state index contributed by atoms with van der Waals surface area (Å²) in [5, 5.41) is 3.42. The summed E-state index contributed by atoms with van der Waals surface area (Å²) >= 11 is 0. The predicted molar refractivity (Wildman–Crippen MR) is 94.7 cm³/mol. The summed E-state index contributed by atoms with van der Waals surface area (Å²) in [4.78, 5) is 12.2. The molecule has 1 aliphatic heterocycles. The van der Waals surface area contributed by atoms with Gasteiger partial charge in [0.25, 0.3) is 0 Å². The first-order valence-electron chi connectivity index (χ1n) is 8.31. The average molecular weight is 336 g/mol. The zero-order valence-electron chi connectivity index (χ0n) is 14.9. The Morgan fingerprint density at radius 3 is 2.52 bits per heavy atom. The molecule has 1 aromatic rings. The number of hydrogen-bond donors (Lipinski definition) is 1. The highest BCUT2D eigenvalue weighted by atomic mass is 28.4. The molecule has 1 heterocycles. The second-order valence-electron chi connectivity index (χ2n) is 7.79. The molecule has 128 valence electrons. The van der Waals surface area contributed by atoms with E-state index in [0.717, 1.165) is 12.1 Å². The third-order valence-corrected chi connectivity index (χ3v) is 9.40. The molecule has 1 aliphatic rings. The van der Waals surface area contributed by atoms with E-state index in [1.54, 1.807) is 0 Å². The lowest BCUT2D eigenvalue weighted by Crippen LogP contribution is -2.44. The van der Waals surface area contributed by atoms with Crippen LogP contribution in [0.15, 0.2) is 30.3 Å². The van der Waals surface area contributed by atoms with Gasteiger partial charge in [0, 0.05) is 6.54 Å². The fourth-order valence-corrected chi connectivity index (χ4v) is 3.76. The van der Waals surface area contributed by atoms with Gasteiger partial charge in [0.2, 0.25) is 0 Å². The fraction of sp³-hybridized carbons (Fsp3) is 0.611. The Bertz CT molecular complexity index is 525. The maximum absolute atomic E-state index is 12.2. The van der Waals surface area contributed by atoms with Crippen molar-refractivity contribution in [1.29, 1.82) is 0 Å². The monoisotopic (exact) mass is 335 g/mol. The van der Waals surface area contributed by atoms with E-state index in [0.29, 0.717) is 13.0 Å². The van der Waals surface area contributed by atoms with E-state index < -0.39 is 8.32 Å². The predicted octanol–water partition coefficient (Wildman–Crippen LogP) is 3.48. The van der Waals surface area contributed by atoms with Crippen LogP contribution in [0.1, 0.15) is 32.8 Å². The van der Waals surface area contributed by atoms with Crippen LogP contribution in [-0.4, -0.2) is 33.0 Å². The summed E-state index contributed by atoms with van der Waals surface area (Å²) < 4.78 is 11.8. The van der Waals surface area contributed by atoms with Crippen molar-refractivity contribution in [3.63, 3.8) is 0 Å². The summed E-state index contributed by atoms with van der Waals surface area (Å²) in [6.07, 6.45) is 0.797. The van der Waals surface area contributed by atoms with Gasteiger partial charge < -0.3 is 14.5 Å². The maximum atomic E-state index is 12.2. The molecule has 0 unspecified atom stereocenters. The average Bonchev–Trinajstić information content (AvgIpc) is 2.92. The molecule has 23 heavy (non-hydrogen) atoms. The molecule has 0 radical (unpaired) electrons. The molecule has 1 saturated heterocycles. The highest BCUT2D eigenvalue weighted by Gasteiger charge is 2.41. The number of hydrogen-bond acceptors (Lipinski definition) is 4. The molecule has 1 fully saturated rings. The van der Waals surface area contributed by atoms with E-state index in [1.165, 1.54) is 0 Å². The molecule has 0 aromatic heterocycles. The lowest BCUT2D eigenvalue weighted by Gasteiger charge is -2.38. The van der Waals surface area contributed by atoms with Gasteiger partial charge in [-0.2, -0.15) is 0 Å². The SMILES string of the molecule is CC(C)(C)[Si](C)(C)O[C@H]1CN[C@H](C(=O)OCc2ccccc2)C1. The molecule has 0 saturated carbocycles. The zero-order valence-corrected chi connectivity index (χ0v) is 15.9. The third kappa shape index (κ3) is 4.90. The van der Waals surface area contributed by atoms with Gasteiger partial charge in [0.1, 0.15) is 12.6 Å². The van der Waals surface area contributed by atoms with Crippen molar-refractivity contribution in [2.45, 2.75) is 64.1 Å². The highest BCUT2D eigenvalue weighted by Crippen LogP contribution is 2.38. The van der Waals surface area contributed by atoms with E-state index in [2.05, 4.69) is 39.2 Å². The van der Waals surface area contributed by atoms with Gasteiger partial charge in [-0.05, 0) is 30.1 Å². The van der Waals surface area contributed by atoms with Crippen molar-refractivity contribution in [2.75, 3.05) is 6.54 Å². The van der Waals surface area contributed by atoms with E-state index >= 15 is 0 Å². The van der Waals surface area contributed by atoms with Crippen molar-refractivity contribution < 1.29 is 14.0 Å². The highest BCUT2D eigenvalue weighted by molar-refractivity contribution is 6.74. The Hall–Kier alpha value is -1.17. The molecule has 0 bridgehead atoms. The number of nitrogens with one attached hydrogen (secondary N) is 1. The van der Waals surface area contributed by atoms with E-state index in [-0.39, 0.29) is 23.2 Å². The summed E-state index contributed by atoms with van der Waals surface area (Å²) in [6, 6.07) is 9.50. The van der Waals surface area contributed by atoms with Crippen molar-refractivity contribution in [3.8, 4) is 0 Å². The fourth-order valence-electron chi connectivity index (χ4n) is 2.40. The van der Waals surface area contributed by atoms with Crippen LogP contribution in [-0.2, 0) is 20.6 Å². The van der Waals surface area contributed by atoms with E-state index in [4.69, 9.17) is 9.16 Å². The molecule has 2 atom stereocenters. The molecular weight excluding hydrogens is 306 g/mol. The molecular formula is C18H29NO3Si. The molecule has 0 aliphatic carbocycles. The second kappa shape index (κ2) is 7.15. The van der Waals surface area contributed by atoms with Gasteiger partial charge >= 0.3 is 5.97 Å². The lowest BCUT2D eigenvalue weighted by molar-refractivity contribution is -0.147. The van der Waals surface area contributed by atoms with Gasteiger partial charge in [-0.25, -0.2) is 0 Å². The lowest BCUT2D eigenvalue weighted by atomic mass is 10.2. The van der Waals surface area contributed by atoms with Crippen LogP contribution >= 0.6 is 0 Å². The molecule has 5 heteroatoms. The zero-order chi connectivity index (χ0) is 17.1. The minimum absolute atomic E-state index is 0.102. The smallest absolute Gasteiger partial charge is 0.323 e. The van der Waals surface area contributed by atoms with Gasteiger partial charge in [-0.15, -0.1) is 0 Å². The van der Waals surface area contributed by atoms with Gasteiger partial charge in [-0.3, -0.25) is 4.79 Å². The standard InChI is InChI=1S/C18H29NO3Si/c1-18(2,3)23(4,5)22-15-11-16(19-12-15)17(20)21-13-14-9-7-6-8-10-14/h6-10,15-16,19H,11-13H2,1-5H3/t15-,16+/m1/s1. The molecule has 0 amide bonds. The molecule has 2 rings (SSSR count). The molecule has 1 aromatic carbocycles. The first kappa shape index (κ1) is 18.2. The Morgan fingerprint density at radius 1 is 1.26 bits per heavy atom. The Balaban J connectivity index is 1.81. The second-order valence-corrected chi connectivity index (χ2v) is 12.5. The van der Waals surface area contributed by atoms with Crippen molar-refractivity contribution in [2.24, 2.45) is 0 Å². The number of carbonyl (C=O) groups is 1. The Labute approximate surface area is 140 Å². The summed E-state index contributed by atoms with van der Waals surface area (Å²) in [5.41, 5.74) is 1.01. The molecule has 0 spiro atoms. The number of esters is 1. The normalized spacial score (nSPS) is 22.1. The van der Waals surface area contributed by atoms with Gasteiger partial charge in [-0.1, -0.05) is 51.1 Å².